The number of Topliss-reactive ketones (excluding diaryl/α,β-unsaturated/α-hetero) is 1. The van der Waals surface area contributed by atoms with Gasteiger partial charge in [0.05, 0.1) is 18.2 Å². The van der Waals surface area contributed by atoms with E-state index in [1.165, 1.54) is 19.2 Å². The molecule has 1 aliphatic rings. The molecule has 0 saturated carbocycles. The van der Waals surface area contributed by atoms with Gasteiger partial charge < -0.3 is 15.2 Å². The van der Waals surface area contributed by atoms with E-state index in [1.54, 1.807) is 0 Å². The summed E-state index contributed by atoms with van der Waals surface area (Å²) in [5.41, 5.74) is 4.60. The third kappa shape index (κ3) is 2.47. The van der Waals surface area contributed by atoms with Gasteiger partial charge >= 0.3 is 6.18 Å². The van der Waals surface area contributed by atoms with Gasteiger partial charge in [0.2, 0.25) is 17.4 Å². The molecule has 0 amide bonds. The first-order valence-electron chi connectivity index (χ1n) is 5.47. The Morgan fingerprint density at radius 3 is 2.65 bits per heavy atom. The number of carbonyl (C=O) groups is 1. The summed E-state index contributed by atoms with van der Waals surface area (Å²) in [6.45, 7) is 0. The van der Waals surface area contributed by atoms with Crippen LogP contribution in [0.15, 0.2) is 42.2 Å². The molecule has 1 aromatic rings. The number of methoxy groups -OCH3 is 1. The van der Waals surface area contributed by atoms with Gasteiger partial charge in [-0.2, -0.15) is 13.2 Å². The number of halogens is 3. The molecule has 0 radical (unpaired) electrons. The molecule has 2 rings (SSSR count). The molecule has 1 heterocycles. The Kier molecular flexibility index (Phi) is 3.44. The topological polar surface area (TPSA) is 61.6 Å². The highest BCUT2D eigenvalue weighted by atomic mass is 19.4. The Hall–Kier alpha value is -2.44. The molecule has 0 fully saturated rings. The first-order valence-corrected chi connectivity index (χ1v) is 5.47. The second kappa shape index (κ2) is 4.92. The average Bonchev–Trinajstić information content (AvgIpc) is 2.64. The number of hydrogen-bond donors (Lipinski definition) is 1. The molecule has 106 valence electrons. The summed E-state index contributed by atoms with van der Waals surface area (Å²) in [6.07, 6.45) is -3.46. The fourth-order valence-corrected chi connectivity index (χ4v) is 1.76. The van der Waals surface area contributed by atoms with E-state index in [0.717, 1.165) is 18.4 Å². The summed E-state index contributed by atoms with van der Waals surface area (Å²) in [7, 11) is 1.31. The minimum Gasteiger partial charge on any atom is -0.500 e. The zero-order valence-electron chi connectivity index (χ0n) is 10.3. The number of hydrogen-bond acceptors (Lipinski definition) is 4. The molecule has 0 bridgehead atoms. The smallest absolute Gasteiger partial charge is 0.416 e. The van der Waals surface area contributed by atoms with Crippen LogP contribution in [0.1, 0.15) is 11.1 Å². The van der Waals surface area contributed by atoms with Crippen LogP contribution in [0.2, 0.25) is 0 Å². The Balaban J connectivity index is 2.45. The highest BCUT2D eigenvalue weighted by molar-refractivity contribution is 6.30. The molecule has 1 aromatic carbocycles. The fourth-order valence-electron chi connectivity index (χ4n) is 1.76. The number of allylic oxidation sites excluding steroid dienone is 1. The van der Waals surface area contributed by atoms with Gasteiger partial charge in [-0.25, -0.2) is 0 Å². The number of alkyl halides is 3. The number of benzene rings is 1. The van der Waals surface area contributed by atoms with Gasteiger partial charge in [0.15, 0.2) is 0 Å². The second-order valence-electron chi connectivity index (χ2n) is 3.97. The highest BCUT2D eigenvalue weighted by Crippen LogP contribution is 2.34. The SMILES string of the molecule is CO/C=C1/OC(N)=C(c2cccc(C(F)(F)F)c2)C1=O. The second-order valence-corrected chi connectivity index (χ2v) is 3.97. The predicted molar refractivity (Wildman–Crippen MR) is 63.7 cm³/mol. The molecule has 0 saturated heterocycles. The Morgan fingerprint density at radius 2 is 2.05 bits per heavy atom. The van der Waals surface area contributed by atoms with Gasteiger partial charge in [-0.1, -0.05) is 12.1 Å². The van der Waals surface area contributed by atoms with Gasteiger partial charge in [-0.05, 0) is 17.7 Å². The third-order valence-corrected chi connectivity index (χ3v) is 2.62. The molecular formula is C13H10F3NO3. The molecule has 0 aromatic heterocycles. The molecule has 1 aliphatic heterocycles. The zero-order chi connectivity index (χ0) is 14.9. The molecule has 4 nitrogen and oxygen atoms in total. The maximum atomic E-state index is 12.7. The van der Waals surface area contributed by atoms with Crippen LogP contribution in [0.4, 0.5) is 13.2 Å². The van der Waals surface area contributed by atoms with Crippen LogP contribution in [0.3, 0.4) is 0 Å². The molecule has 0 unspecified atom stereocenters. The molecule has 20 heavy (non-hydrogen) atoms. The summed E-state index contributed by atoms with van der Waals surface area (Å²) in [4.78, 5) is 12.0. The van der Waals surface area contributed by atoms with Crippen molar-refractivity contribution < 1.29 is 27.4 Å². The minimum absolute atomic E-state index is 0.0434. The Morgan fingerprint density at radius 1 is 1.35 bits per heavy atom. The van der Waals surface area contributed by atoms with Crippen LogP contribution >= 0.6 is 0 Å². The van der Waals surface area contributed by atoms with Gasteiger partial charge in [0.25, 0.3) is 0 Å². The lowest BCUT2D eigenvalue weighted by Gasteiger charge is -2.08. The van der Waals surface area contributed by atoms with E-state index in [0.29, 0.717) is 0 Å². The first kappa shape index (κ1) is 14.0. The lowest BCUT2D eigenvalue weighted by molar-refractivity contribution is -0.137. The van der Waals surface area contributed by atoms with Gasteiger partial charge in [0.1, 0.15) is 6.26 Å². The van der Waals surface area contributed by atoms with E-state index < -0.39 is 17.5 Å². The van der Waals surface area contributed by atoms with Crippen molar-refractivity contribution in [2.45, 2.75) is 6.18 Å². The van der Waals surface area contributed by atoms with E-state index in [-0.39, 0.29) is 22.8 Å². The standard InChI is InChI=1S/C13H10F3NO3/c1-19-6-9-11(18)10(12(17)20-9)7-3-2-4-8(5-7)13(14,15)16/h2-6H,17H2,1H3/b9-6+. The number of ketones is 1. The van der Waals surface area contributed by atoms with Crippen molar-refractivity contribution in [2.24, 2.45) is 5.73 Å². The summed E-state index contributed by atoms with van der Waals surface area (Å²) >= 11 is 0. The van der Waals surface area contributed by atoms with Crippen molar-refractivity contribution in [3.63, 3.8) is 0 Å². The van der Waals surface area contributed by atoms with E-state index >= 15 is 0 Å². The maximum absolute atomic E-state index is 12.7. The minimum atomic E-state index is -4.50. The van der Waals surface area contributed by atoms with Crippen LogP contribution < -0.4 is 5.73 Å². The van der Waals surface area contributed by atoms with E-state index in [4.69, 9.17) is 10.5 Å². The van der Waals surface area contributed by atoms with Crippen LogP contribution in [0.25, 0.3) is 5.57 Å². The lowest BCUT2D eigenvalue weighted by atomic mass is 10.0. The molecule has 7 heteroatoms. The van der Waals surface area contributed by atoms with Crippen LogP contribution in [0.5, 0.6) is 0 Å². The monoisotopic (exact) mass is 285 g/mol. The average molecular weight is 285 g/mol. The van der Waals surface area contributed by atoms with Crippen LogP contribution in [-0.2, 0) is 20.4 Å². The highest BCUT2D eigenvalue weighted by Gasteiger charge is 2.34. The van der Waals surface area contributed by atoms with Gasteiger partial charge in [-0.3, -0.25) is 4.79 Å². The normalized spacial score (nSPS) is 17.6. The maximum Gasteiger partial charge on any atom is 0.416 e. The molecule has 2 N–H and O–H groups in total. The predicted octanol–water partition coefficient (Wildman–Crippen LogP) is 2.42. The number of carbonyl (C=O) groups excluding carboxylic acids is 1. The van der Waals surface area contributed by atoms with Gasteiger partial charge in [0, 0.05) is 0 Å². The number of ether oxygens (including phenoxy) is 2. The lowest BCUT2D eigenvalue weighted by Crippen LogP contribution is -2.07. The number of rotatable bonds is 2. The summed E-state index contributed by atoms with van der Waals surface area (Å²) in [5, 5.41) is 0. The van der Waals surface area contributed by atoms with Crippen molar-refractivity contribution in [2.75, 3.05) is 7.11 Å². The van der Waals surface area contributed by atoms with E-state index in [9.17, 15) is 18.0 Å². The van der Waals surface area contributed by atoms with Crippen molar-refractivity contribution in [1.29, 1.82) is 0 Å². The fraction of sp³-hybridized carbons (Fsp3) is 0.154. The van der Waals surface area contributed by atoms with Gasteiger partial charge in [-0.15, -0.1) is 0 Å². The van der Waals surface area contributed by atoms with Crippen molar-refractivity contribution in [3.05, 3.63) is 53.3 Å². The van der Waals surface area contributed by atoms with E-state index in [1.807, 2.05) is 0 Å². The third-order valence-electron chi connectivity index (χ3n) is 2.62. The van der Waals surface area contributed by atoms with Crippen LogP contribution in [-0.4, -0.2) is 12.9 Å². The molecular weight excluding hydrogens is 275 g/mol. The molecule has 0 atom stereocenters. The zero-order valence-corrected chi connectivity index (χ0v) is 10.3. The van der Waals surface area contributed by atoms with Crippen LogP contribution in [0, 0.1) is 0 Å². The molecule has 0 spiro atoms. The van der Waals surface area contributed by atoms with Crippen molar-refractivity contribution in [1.82, 2.24) is 0 Å². The summed E-state index contributed by atoms with van der Waals surface area (Å²) in [5.74, 6) is -1.04. The largest absolute Gasteiger partial charge is 0.500 e. The van der Waals surface area contributed by atoms with Crippen molar-refractivity contribution >= 4 is 11.4 Å². The quantitative estimate of drug-likeness (QED) is 0.669. The number of nitrogens with two attached hydrogens (primary N) is 1. The Labute approximate surface area is 112 Å². The Bertz CT molecular complexity index is 618. The van der Waals surface area contributed by atoms with E-state index in [2.05, 4.69) is 4.74 Å². The molecule has 0 aliphatic carbocycles. The van der Waals surface area contributed by atoms with Crippen molar-refractivity contribution in [3.8, 4) is 0 Å². The first-order chi connectivity index (χ1) is 9.34. The summed E-state index contributed by atoms with van der Waals surface area (Å²) < 4.78 is 47.6. The summed E-state index contributed by atoms with van der Waals surface area (Å²) in [6, 6.07) is 4.31.